The number of hydrogen-bond donors (Lipinski definition) is 2. The van der Waals surface area contributed by atoms with Crippen molar-refractivity contribution in [2.75, 3.05) is 13.2 Å². The van der Waals surface area contributed by atoms with Gasteiger partial charge in [0.05, 0.1) is 0 Å². The van der Waals surface area contributed by atoms with Gasteiger partial charge < -0.3 is 10.2 Å². The van der Waals surface area contributed by atoms with Gasteiger partial charge in [-0.15, -0.1) is 0 Å². The van der Waals surface area contributed by atoms with Crippen molar-refractivity contribution >= 4 is 7.85 Å². The van der Waals surface area contributed by atoms with Gasteiger partial charge >= 0.3 is 0 Å². The van der Waals surface area contributed by atoms with Crippen molar-refractivity contribution in [1.29, 1.82) is 0 Å². The van der Waals surface area contributed by atoms with Crippen molar-refractivity contribution in [3.63, 3.8) is 0 Å². The molecular formula is C7H13BO2. The number of aliphatic hydroxyl groups is 2. The zero-order valence-corrected chi connectivity index (χ0v) is 6.25. The molecule has 3 heteroatoms. The first-order chi connectivity index (χ1) is 4.72. The summed E-state index contributed by atoms with van der Waals surface area (Å²) in [6.07, 6.45) is 0. The summed E-state index contributed by atoms with van der Waals surface area (Å²) in [6, 6.07) is 0. The summed E-state index contributed by atoms with van der Waals surface area (Å²) in [5.74, 6) is 0.791. The van der Waals surface area contributed by atoms with E-state index < -0.39 is 0 Å². The zero-order chi connectivity index (χ0) is 7.72. The first-order valence-corrected chi connectivity index (χ1v) is 3.62. The normalized spacial score (nSPS) is 39.4. The molecule has 2 N–H and O–H groups in total. The molecule has 3 atom stereocenters. The Morgan fingerprint density at radius 3 is 2.30 bits per heavy atom. The van der Waals surface area contributed by atoms with Crippen molar-refractivity contribution in [3.8, 4) is 0 Å². The Hall–Kier alpha value is -0.275. The van der Waals surface area contributed by atoms with Crippen LogP contribution >= 0.6 is 0 Å². The van der Waals surface area contributed by atoms with Crippen LogP contribution in [0.5, 0.6) is 0 Å². The topological polar surface area (TPSA) is 40.5 Å². The Morgan fingerprint density at radius 1 is 1.40 bits per heavy atom. The lowest BCUT2D eigenvalue weighted by Crippen LogP contribution is -2.39. The monoisotopic (exact) mass is 140 g/mol. The van der Waals surface area contributed by atoms with Crippen molar-refractivity contribution in [2.45, 2.75) is 5.82 Å². The lowest BCUT2D eigenvalue weighted by Gasteiger charge is -2.44. The van der Waals surface area contributed by atoms with E-state index in [4.69, 9.17) is 10.2 Å². The highest BCUT2D eigenvalue weighted by molar-refractivity contribution is 6.15. The highest BCUT2D eigenvalue weighted by Gasteiger charge is 2.40. The molecule has 0 bridgehead atoms. The SMILES string of the molecule is BC1C(=C)C(CO)C1CO. The van der Waals surface area contributed by atoms with Crippen molar-refractivity contribution in [3.05, 3.63) is 12.2 Å². The van der Waals surface area contributed by atoms with Crippen LogP contribution in [0.25, 0.3) is 0 Å². The molecule has 1 saturated carbocycles. The third-order valence-electron chi connectivity index (χ3n) is 2.63. The Morgan fingerprint density at radius 2 is 2.00 bits per heavy atom. The Labute approximate surface area is 62.0 Å². The molecule has 0 radical (unpaired) electrons. The minimum atomic E-state index is 0.133. The zero-order valence-electron chi connectivity index (χ0n) is 6.25. The van der Waals surface area contributed by atoms with E-state index in [0.717, 1.165) is 5.57 Å². The second-order valence-electron chi connectivity index (χ2n) is 3.00. The number of rotatable bonds is 2. The lowest BCUT2D eigenvalue weighted by atomic mass is 9.53. The quantitative estimate of drug-likeness (QED) is 0.389. The second kappa shape index (κ2) is 2.76. The van der Waals surface area contributed by atoms with Crippen LogP contribution in [0.1, 0.15) is 0 Å². The van der Waals surface area contributed by atoms with Gasteiger partial charge in [-0.25, -0.2) is 0 Å². The largest absolute Gasteiger partial charge is 0.396 e. The molecule has 1 aliphatic carbocycles. The predicted octanol–water partition coefficient (Wildman–Crippen LogP) is -0.805. The maximum absolute atomic E-state index is 8.82. The molecule has 10 heavy (non-hydrogen) atoms. The highest BCUT2D eigenvalue weighted by Crippen LogP contribution is 2.46. The van der Waals surface area contributed by atoms with E-state index in [1.54, 1.807) is 0 Å². The van der Waals surface area contributed by atoms with Gasteiger partial charge in [-0.05, 0) is 11.7 Å². The average Bonchev–Trinajstić information content (AvgIpc) is 1.97. The Balaban J connectivity index is 2.52. The first kappa shape index (κ1) is 7.83. The van der Waals surface area contributed by atoms with Crippen molar-refractivity contribution in [1.82, 2.24) is 0 Å². The van der Waals surface area contributed by atoms with Gasteiger partial charge in [0.25, 0.3) is 0 Å². The van der Waals surface area contributed by atoms with Crippen LogP contribution in [0.2, 0.25) is 5.82 Å². The molecule has 1 fully saturated rings. The molecular weight excluding hydrogens is 127 g/mol. The molecule has 0 aromatic rings. The summed E-state index contributed by atoms with van der Waals surface area (Å²) in [6.45, 7) is 4.13. The van der Waals surface area contributed by atoms with Crippen molar-refractivity contribution in [2.24, 2.45) is 11.8 Å². The van der Waals surface area contributed by atoms with E-state index in [2.05, 4.69) is 6.58 Å². The van der Waals surface area contributed by atoms with Gasteiger partial charge in [-0.3, -0.25) is 0 Å². The molecule has 56 valence electrons. The summed E-state index contributed by atoms with van der Waals surface area (Å²) < 4.78 is 0. The molecule has 0 amide bonds. The van der Waals surface area contributed by atoms with Crippen LogP contribution in [0.3, 0.4) is 0 Å². The predicted molar refractivity (Wildman–Crippen MR) is 42.6 cm³/mol. The summed E-state index contributed by atoms with van der Waals surface area (Å²) >= 11 is 0. The molecule has 0 saturated heterocycles. The third kappa shape index (κ3) is 0.898. The number of aliphatic hydroxyl groups excluding tert-OH is 2. The summed E-state index contributed by atoms with van der Waals surface area (Å²) in [5, 5.41) is 17.6. The van der Waals surface area contributed by atoms with Crippen LogP contribution in [0.15, 0.2) is 12.2 Å². The van der Waals surface area contributed by atoms with E-state index in [0.29, 0.717) is 5.82 Å². The van der Waals surface area contributed by atoms with Gasteiger partial charge in [0.2, 0.25) is 0 Å². The van der Waals surface area contributed by atoms with E-state index >= 15 is 0 Å². The highest BCUT2D eigenvalue weighted by atomic mass is 16.3. The average molecular weight is 140 g/mol. The summed E-state index contributed by atoms with van der Waals surface area (Å²) in [4.78, 5) is 0. The van der Waals surface area contributed by atoms with Crippen LogP contribution in [0, 0.1) is 11.8 Å². The minimum absolute atomic E-state index is 0.133. The van der Waals surface area contributed by atoms with Crippen LogP contribution in [-0.2, 0) is 0 Å². The lowest BCUT2D eigenvalue weighted by molar-refractivity contribution is 0.0968. The fraction of sp³-hybridized carbons (Fsp3) is 0.714. The molecule has 0 aliphatic heterocycles. The molecule has 1 aliphatic rings. The van der Waals surface area contributed by atoms with Crippen LogP contribution in [0.4, 0.5) is 0 Å². The maximum atomic E-state index is 8.82. The van der Waals surface area contributed by atoms with Gasteiger partial charge in [-0.2, -0.15) is 0 Å². The van der Waals surface area contributed by atoms with Gasteiger partial charge in [0.15, 0.2) is 0 Å². The van der Waals surface area contributed by atoms with E-state index in [1.165, 1.54) is 0 Å². The van der Waals surface area contributed by atoms with Crippen LogP contribution in [-0.4, -0.2) is 31.3 Å². The molecule has 1 rings (SSSR count). The van der Waals surface area contributed by atoms with E-state index in [-0.39, 0.29) is 25.0 Å². The standard InChI is InChI=1S/C7H13BO2/c1-4-5(2-9)6(3-10)7(4)8/h5-7,9-10H,1-3,8H2. The van der Waals surface area contributed by atoms with Gasteiger partial charge in [0.1, 0.15) is 7.85 Å². The Kier molecular flexibility index (Phi) is 2.16. The van der Waals surface area contributed by atoms with Gasteiger partial charge in [0, 0.05) is 19.1 Å². The summed E-state index contributed by atoms with van der Waals surface area (Å²) in [5.41, 5.74) is 1.08. The second-order valence-corrected chi connectivity index (χ2v) is 3.00. The van der Waals surface area contributed by atoms with Crippen LogP contribution < -0.4 is 0 Å². The molecule has 0 aromatic heterocycles. The maximum Gasteiger partial charge on any atom is 0.111 e. The first-order valence-electron chi connectivity index (χ1n) is 3.62. The smallest absolute Gasteiger partial charge is 0.111 e. The third-order valence-corrected chi connectivity index (χ3v) is 2.63. The molecule has 0 aromatic carbocycles. The van der Waals surface area contributed by atoms with Crippen molar-refractivity contribution < 1.29 is 10.2 Å². The van der Waals surface area contributed by atoms with E-state index in [1.807, 2.05) is 7.85 Å². The fourth-order valence-electron chi connectivity index (χ4n) is 1.66. The fourth-order valence-corrected chi connectivity index (χ4v) is 1.66. The van der Waals surface area contributed by atoms with Gasteiger partial charge in [-0.1, -0.05) is 12.2 Å². The van der Waals surface area contributed by atoms with E-state index in [9.17, 15) is 0 Å². The minimum Gasteiger partial charge on any atom is -0.396 e. The Bertz CT molecular complexity index is 147. The number of hydrogen-bond acceptors (Lipinski definition) is 2. The molecule has 3 unspecified atom stereocenters. The molecule has 0 heterocycles. The molecule has 2 nitrogen and oxygen atoms in total. The summed E-state index contributed by atoms with van der Waals surface area (Å²) in [7, 11) is 2.04. The molecule has 0 spiro atoms.